The number of carbonyl (C=O) groups is 3. The maximum Gasteiger partial charge on any atom is 0.293 e. The second-order valence-electron chi connectivity index (χ2n) is 5.70. The molecule has 1 amide bonds. The molecule has 1 aromatic carbocycles. The highest BCUT2D eigenvalue weighted by Gasteiger charge is 2.29. The molecule has 114 valence electrons. The highest BCUT2D eigenvalue weighted by atomic mass is 16.5. The average molecular weight is 291 g/mol. The van der Waals surface area contributed by atoms with E-state index in [0.717, 1.165) is 5.56 Å². The molecule has 0 saturated carbocycles. The molecule has 0 bridgehead atoms. The van der Waals surface area contributed by atoms with Gasteiger partial charge in [0.1, 0.15) is 5.60 Å². The average Bonchev–Trinajstić information content (AvgIpc) is 2.42. The van der Waals surface area contributed by atoms with Crippen LogP contribution >= 0.6 is 0 Å². The Morgan fingerprint density at radius 1 is 1.19 bits per heavy atom. The Morgan fingerprint density at radius 3 is 2.29 bits per heavy atom. The van der Waals surface area contributed by atoms with Crippen LogP contribution in [0.15, 0.2) is 30.3 Å². The molecule has 5 heteroatoms. The van der Waals surface area contributed by atoms with Gasteiger partial charge in [-0.25, -0.2) is 0 Å². The third-order valence-corrected chi connectivity index (χ3v) is 2.86. The monoisotopic (exact) mass is 291 g/mol. The number of benzene rings is 1. The lowest BCUT2D eigenvalue weighted by Crippen LogP contribution is -2.41. The summed E-state index contributed by atoms with van der Waals surface area (Å²) in [6.07, 6.45) is 0.703. The van der Waals surface area contributed by atoms with Crippen LogP contribution in [0.5, 0.6) is 0 Å². The van der Waals surface area contributed by atoms with Gasteiger partial charge in [-0.1, -0.05) is 30.3 Å². The molecule has 1 aliphatic rings. The third-order valence-electron chi connectivity index (χ3n) is 2.86. The van der Waals surface area contributed by atoms with Crippen LogP contribution in [0.4, 0.5) is 0 Å². The molecule has 1 N–H and O–H groups in total. The fraction of sp³-hybridized carbons (Fsp3) is 0.438. The fourth-order valence-corrected chi connectivity index (χ4v) is 1.85. The number of piperidine rings is 1. The standard InChI is InChI=1S/C11H11NO2.C5H10O2/c13-10-9(6-7-12-11(10)14)8-4-2-1-3-5-8;1-5(2,3)7-4-6/h1-5,9H,6-7H2,(H,12,14);4H,1-3H3. The van der Waals surface area contributed by atoms with E-state index in [-0.39, 0.29) is 17.3 Å². The van der Waals surface area contributed by atoms with E-state index in [2.05, 4.69) is 10.1 Å². The summed E-state index contributed by atoms with van der Waals surface area (Å²) in [4.78, 5) is 32.2. The predicted molar refractivity (Wildman–Crippen MR) is 78.7 cm³/mol. The number of hydrogen-bond donors (Lipinski definition) is 1. The summed E-state index contributed by atoms with van der Waals surface area (Å²) in [5.41, 5.74) is 0.620. The molecule has 21 heavy (non-hydrogen) atoms. The normalized spacial score (nSPS) is 18.1. The molecule has 1 saturated heterocycles. The lowest BCUT2D eigenvalue weighted by atomic mass is 9.89. The van der Waals surface area contributed by atoms with Crippen LogP contribution in [0.1, 0.15) is 38.7 Å². The first-order valence-corrected chi connectivity index (χ1v) is 6.83. The van der Waals surface area contributed by atoms with Crippen LogP contribution in [0.2, 0.25) is 0 Å². The van der Waals surface area contributed by atoms with E-state index < -0.39 is 5.91 Å². The van der Waals surface area contributed by atoms with Crippen molar-refractivity contribution in [3.8, 4) is 0 Å². The van der Waals surface area contributed by atoms with E-state index in [1.54, 1.807) is 0 Å². The fourth-order valence-electron chi connectivity index (χ4n) is 1.85. The number of Topliss-reactive ketones (excluding diaryl/α,β-unsaturated/α-hetero) is 1. The van der Waals surface area contributed by atoms with Crippen molar-refractivity contribution >= 4 is 18.2 Å². The zero-order chi connectivity index (χ0) is 15.9. The van der Waals surface area contributed by atoms with Crippen molar-refractivity contribution in [2.75, 3.05) is 6.54 Å². The Kier molecular flexibility index (Phi) is 6.09. The number of amides is 1. The van der Waals surface area contributed by atoms with Gasteiger partial charge in [0.2, 0.25) is 5.78 Å². The summed E-state index contributed by atoms with van der Waals surface area (Å²) in [7, 11) is 0. The molecule has 0 aliphatic carbocycles. The summed E-state index contributed by atoms with van der Waals surface area (Å²) in [5.74, 6) is -1.02. The lowest BCUT2D eigenvalue weighted by molar-refractivity contribution is -0.140. The lowest BCUT2D eigenvalue weighted by Gasteiger charge is -2.20. The minimum atomic E-state index is -0.454. The maximum atomic E-state index is 11.5. The van der Waals surface area contributed by atoms with E-state index in [0.29, 0.717) is 19.4 Å². The molecule has 2 rings (SSSR count). The van der Waals surface area contributed by atoms with Crippen molar-refractivity contribution in [1.82, 2.24) is 5.32 Å². The Bertz CT molecular complexity index is 491. The molecule has 0 spiro atoms. The number of ketones is 1. The zero-order valence-electron chi connectivity index (χ0n) is 12.6. The quantitative estimate of drug-likeness (QED) is 0.666. The Morgan fingerprint density at radius 2 is 1.81 bits per heavy atom. The van der Waals surface area contributed by atoms with Gasteiger partial charge in [0.25, 0.3) is 12.4 Å². The molecule has 1 aromatic rings. The molecule has 5 nitrogen and oxygen atoms in total. The van der Waals surface area contributed by atoms with E-state index >= 15 is 0 Å². The van der Waals surface area contributed by atoms with Crippen LogP contribution in [0.25, 0.3) is 0 Å². The van der Waals surface area contributed by atoms with Gasteiger partial charge in [0.05, 0.1) is 5.92 Å². The molecule has 0 radical (unpaired) electrons. The minimum absolute atomic E-state index is 0.245. The molecular weight excluding hydrogens is 270 g/mol. The Hall–Kier alpha value is -2.17. The first kappa shape index (κ1) is 16.9. The Labute approximate surface area is 124 Å². The highest BCUT2D eigenvalue weighted by Crippen LogP contribution is 2.22. The first-order chi connectivity index (χ1) is 9.85. The molecule has 1 fully saturated rings. The highest BCUT2D eigenvalue weighted by molar-refractivity contribution is 6.38. The van der Waals surface area contributed by atoms with Gasteiger partial charge in [-0.05, 0) is 32.8 Å². The van der Waals surface area contributed by atoms with Crippen molar-refractivity contribution in [2.45, 2.75) is 38.7 Å². The summed E-state index contributed by atoms with van der Waals surface area (Å²) in [6.45, 7) is 6.51. The van der Waals surface area contributed by atoms with Crippen LogP contribution in [-0.4, -0.2) is 30.3 Å². The molecule has 1 unspecified atom stereocenters. The largest absolute Gasteiger partial charge is 0.462 e. The molecule has 1 aliphatic heterocycles. The van der Waals surface area contributed by atoms with E-state index in [4.69, 9.17) is 0 Å². The van der Waals surface area contributed by atoms with Gasteiger partial charge in [0, 0.05) is 6.54 Å². The van der Waals surface area contributed by atoms with E-state index in [9.17, 15) is 14.4 Å². The van der Waals surface area contributed by atoms with Crippen molar-refractivity contribution < 1.29 is 19.1 Å². The van der Waals surface area contributed by atoms with Crippen molar-refractivity contribution in [2.24, 2.45) is 0 Å². The van der Waals surface area contributed by atoms with Crippen LogP contribution in [0, 0.1) is 0 Å². The second-order valence-corrected chi connectivity index (χ2v) is 5.70. The van der Waals surface area contributed by atoms with Crippen molar-refractivity contribution in [1.29, 1.82) is 0 Å². The van der Waals surface area contributed by atoms with E-state index in [1.165, 1.54) is 0 Å². The summed E-state index contributed by atoms with van der Waals surface area (Å²) in [5, 5.41) is 2.54. The second kappa shape index (κ2) is 7.57. The van der Waals surface area contributed by atoms with Gasteiger partial charge in [-0.3, -0.25) is 14.4 Å². The van der Waals surface area contributed by atoms with Crippen molar-refractivity contribution in [3.05, 3.63) is 35.9 Å². The van der Waals surface area contributed by atoms with Crippen LogP contribution < -0.4 is 5.32 Å². The summed E-state index contributed by atoms with van der Waals surface area (Å²) < 4.78 is 4.55. The number of ether oxygens (including phenoxy) is 1. The van der Waals surface area contributed by atoms with Gasteiger partial charge in [0.15, 0.2) is 0 Å². The van der Waals surface area contributed by atoms with E-state index in [1.807, 2.05) is 51.1 Å². The molecule has 1 heterocycles. The number of hydrogen-bond acceptors (Lipinski definition) is 4. The zero-order valence-corrected chi connectivity index (χ0v) is 12.6. The van der Waals surface area contributed by atoms with Gasteiger partial charge >= 0.3 is 0 Å². The summed E-state index contributed by atoms with van der Waals surface area (Å²) in [6, 6.07) is 9.45. The van der Waals surface area contributed by atoms with Crippen molar-refractivity contribution in [3.63, 3.8) is 0 Å². The summed E-state index contributed by atoms with van der Waals surface area (Å²) >= 11 is 0. The van der Waals surface area contributed by atoms with Crippen LogP contribution in [-0.2, 0) is 19.1 Å². The molecule has 1 atom stereocenters. The number of carbonyl (C=O) groups excluding carboxylic acids is 3. The molecule has 0 aromatic heterocycles. The molecular formula is C16H21NO4. The third kappa shape index (κ3) is 5.77. The maximum absolute atomic E-state index is 11.5. The van der Waals surface area contributed by atoms with Gasteiger partial charge in [-0.15, -0.1) is 0 Å². The number of nitrogens with one attached hydrogen (secondary N) is 1. The Balaban J connectivity index is 0.000000270. The van der Waals surface area contributed by atoms with Gasteiger partial charge in [-0.2, -0.15) is 0 Å². The predicted octanol–water partition coefficient (Wildman–Crippen LogP) is 1.82. The SMILES string of the molecule is CC(C)(C)OC=O.O=C1NCCC(c2ccccc2)C1=O. The number of rotatable bonds is 2. The minimum Gasteiger partial charge on any atom is -0.462 e. The first-order valence-electron chi connectivity index (χ1n) is 6.83. The van der Waals surface area contributed by atoms with Gasteiger partial charge < -0.3 is 10.1 Å². The van der Waals surface area contributed by atoms with Crippen LogP contribution in [0.3, 0.4) is 0 Å². The topological polar surface area (TPSA) is 72.5 Å². The smallest absolute Gasteiger partial charge is 0.293 e.